The van der Waals surface area contributed by atoms with Gasteiger partial charge in [0.05, 0.1) is 16.7 Å². The molecule has 10 aromatic carbocycles. The molecule has 0 spiro atoms. The highest BCUT2D eigenvalue weighted by atomic mass is 16.3. The van der Waals surface area contributed by atoms with E-state index in [-0.39, 0.29) is 0 Å². The fraction of sp³-hybridized carbons (Fsp3) is 0. The quantitative estimate of drug-likeness (QED) is 0.153. The summed E-state index contributed by atoms with van der Waals surface area (Å²) in [5.41, 5.74) is 17.7. The van der Waals surface area contributed by atoms with Gasteiger partial charge in [0.1, 0.15) is 11.2 Å². The molecule has 12 aromatic rings. The van der Waals surface area contributed by atoms with Crippen LogP contribution in [0.3, 0.4) is 0 Å². The van der Waals surface area contributed by atoms with Crippen LogP contribution in [0.15, 0.2) is 247 Å². The highest BCUT2D eigenvalue weighted by molar-refractivity contribution is 6.11. The van der Waals surface area contributed by atoms with E-state index in [1.54, 1.807) is 0 Å². The first-order chi connectivity index (χ1) is 31.3. The number of nitrogens with zero attached hydrogens (tertiary/aromatic N) is 2. The van der Waals surface area contributed by atoms with Gasteiger partial charge in [0.25, 0.3) is 0 Å². The number of anilines is 3. The van der Waals surface area contributed by atoms with Gasteiger partial charge in [-0.05, 0) is 88.0 Å². The van der Waals surface area contributed by atoms with Crippen LogP contribution in [0.4, 0.5) is 17.1 Å². The summed E-state index contributed by atoms with van der Waals surface area (Å²) in [5, 5.41) is 4.69. The van der Waals surface area contributed by atoms with Crippen molar-refractivity contribution < 1.29 is 4.42 Å². The lowest BCUT2D eigenvalue weighted by molar-refractivity contribution is 0.670. The van der Waals surface area contributed by atoms with E-state index < -0.39 is 0 Å². The molecule has 0 saturated heterocycles. The lowest BCUT2D eigenvalue weighted by atomic mass is 9.88. The average molecular weight is 805 g/mol. The molecule has 2 heterocycles. The van der Waals surface area contributed by atoms with Crippen molar-refractivity contribution in [3.05, 3.63) is 243 Å². The van der Waals surface area contributed by atoms with Crippen LogP contribution in [0.25, 0.3) is 93.9 Å². The van der Waals surface area contributed by atoms with E-state index in [9.17, 15) is 0 Å². The van der Waals surface area contributed by atoms with Gasteiger partial charge in [0.15, 0.2) is 0 Å². The van der Waals surface area contributed by atoms with Crippen LogP contribution in [0.1, 0.15) is 0 Å². The summed E-state index contributed by atoms with van der Waals surface area (Å²) in [6.07, 6.45) is 0. The molecule has 0 aliphatic rings. The first kappa shape index (κ1) is 36.5. The molecule has 0 aliphatic carbocycles. The Labute approximate surface area is 366 Å². The molecule has 3 nitrogen and oxygen atoms in total. The van der Waals surface area contributed by atoms with Gasteiger partial charge in [-0.1, -0.05) is 188 Å². The van der Waals surface area contributed by atoms with E-state index >= 15 is 0 Å². The minimum absolute atomic E-state index is 0.898. The first-order valence-electron chi connectivity index (χ1n) is 21.5. The second-order valence-electron chi connectivity index (χ2n) is 16.0. The van der Waals surface area contributed by atoms with Crippen LogP contribution in [0.2, 0.25) is 0 Å². The lowest BCUT2D eigenvalue weighted by Gasteiger charge is -2.29. The van der Waals surface area contributed by atoms with Crippen LogP contribution in [0.5, 0.6) is 0 Å². The Kier molecular flexibility index (Phi) is 8.83. The summed E-state index contributed by atoms with van der Waals surface area (Å²) in [6.45, 7) is 0. The summed E-state index contributed by atoms with van der Waals surface area (Å²) in [5.74, 6) is 0. The van der Waals surface area contributed by atoms with Crippen molar-refractivity contribution in [1.82, 2.24) is 4.57 Å². The summed E-state index contributed by atoms with van der Waals surface area (Å²) in [7, 11) is 0. The monoisotopic (exact) mass is 804 g/mol. The molecule has 0 bridgehead atoms. The second kappa shape index (κ2) is 15.3. The van der Waals surface area contributed by atoms with Gasteiger partial charge in [-0.25, -0.2) is 0 Å². The molecule has 12 rings (SSSR count). The lowest BCUT2D eigenvalue weighted by Crippen LogP contribution is -2.11. The van der Waals surface area contributed by atoms with E-state index in [0.717, 1.165) is 72.5 Å². The number of para-hydroxylation sites is 5. The van der Waals surface area contributed by atoms with Gasteiger partial charge in [-0.15, -0.1) is 0 Å². The molecular weight excluding hydrogens is 765 g/mol. The predicted molar refractivity (Wildman–Crippen MR) is 264 cm³/mol. The van der Waals surface area contributed by atoms with E-state index in [0.29, 0.717) is 0 Å². The molecule has 0 N–H and O–H groups in total. The van der Waals surface area contributed by atoms with Crippen LogP contribution in [-0.2, 0) is 0 Å². The van der Waals surface area contributed by atoms with Crippen molar-refractivity contribution in [3.8, 4) is 50.2 Å². The number of benzene rings is 10. The normalized spacial score (nSPS) is 11.5. The fourth-order valence-electron chi connectivity index (χ4n) is 9.58. The maximum atomic E-state index is 6.50. The third-order valence-corrected chi connectivity index (χ3v) is 12.4. The molecule has 0 atom stereocenters. The Morgan fingerprint density at radius 3 is 1.62 bits per heavy atom. The summed E-state index contributed by atoms with van der Waals surface area (Å²) in [6, 6.07) is 87.2. The molecule has 296 valence electrons. The zero-order valence-electron chi connectivity index (χ0n) is 34.4. The zero-order chi connectivity index (χ0) is 41.7. The number of hydrogen-bond donors (Lipinski definition) is 0. The highest BCUT2D eigenvalue weighted by Crippen LogP contribution is 2.47. The molecule has 0 unspecified atom stereocenters. The maximum Gasteiger partial charge on any atom is 0.143 e. The van der Waals surface area contributed by atoms with Crippen molar-refractivity contribution >= 4 is 60.8 Å². The van der Waals surface area contributed by atoms with Crippen LogP contribution in [-0.4, -0.2) is 4.57 Å². The Bertz CT molecular complexity index is 3620. The molecule has 63 heavy (non-hydrogen) atoms. The Morgan fingerprint density at radius 2 is 0.841 bits per heavy atom. The minimum Gasteiger partial charge on any atom is -0.455 e. The van der Waals surface area contributed by atoms with Gasteiger partial charge in [0, 0.05) is 49.7 Å². The van der Waals surface area contributed by atoms with Crippen LogP contribution < -0.4 is 4.90 Å². The van der Waals surface area contributed by atoms with Gasteiger partial charge in [0.2, 0.25) is 0 Å². The highest BCUT2D eigenvalue weighted by Gasteiger charge is 2.22. The summed E-state index contributed by atoms with van der Waals surface area (Å²) < 4.78 is 8.90. The van der Waals surface area contributed by atoms with Crippen molar-refractivity contribution in [2.45, 2.75) is 0 Å². The third-order valence-electron chi connectivity index (χ3n) is 12.4. The van der Waals surface area contributed by atoms with Crippen molar-refractivity contribution in [3.63, 3.8) is 0 Å². The number of hydrogen-bond acceptors (Lipinski definition) is 2. The van der Waals surface area contributed by atoms with E-state index in [2.05, 4.69) is 240 Å². The predicted octanol–water partition coefficient (Wildman–Crippen LogP) is 16.8. The van der Waals surface area contributed by atoms with Gasteiger partial charge in [-0.2, -0.15) is 0 Å². The van der Waals surface area contributed by atoms with Crippen molar-refractivity contribution in [1.29, 1.82) is 0 Å². The molecule has 3 heteroatoms. The van der Waals surface area contributed by atoms with E-state index in [1.807, 2.05) is 12.1 Å². The molecule has 2 aromatic heterocycles. The minimum atomic E-state index is 0.898. The second-order valence-corrected chi connectivity index (χ2v) is 16.0. The van der Waals surface area contributed by atoms with E-state index in [4.69, 9.17) is 4.42 Å². The summed E-state index contributed by atoms with van der Waals surface area (Å²) in [4.78, 5) is 2.42. The molecular formula is C60H40N2O. The number of aromatic nitrogens is 1. The molecule has 0 aliphatic heterocycles. The standard InChI is InChI=1S/C60H40N2O/c1-3-18-41(19-4-1)46-22-7-8-23-48(46)49-24-9-10-25-50(49)51-26-11-14-31-56(51)61(44-36-34-42(35-37-44)47-29-17-30-55-54-28-13-16-33-59(54)63-60(47)55)45-38-39-53-52-27-12-15-32-57(52)62(58(53)40-45)43-20-5-2-6-21-43/h1-40H. The summed E-state index contributed by atoms with van der Waals surface area (Å²) >= 11 is 0. The molecule has 0 saturated carbocycles. The van der Waals surface area contributed by atoms with Crippen molar-refractivity contribution in [2.24, 2.45) is 0 Å². The van der Waals surface area contributed by atoms with Gasteiger partial charge in [-0.3, -0.25) is 0 Å². The number of fused-ring (bicyclic) bond motifs is 6. The van der Waals surface area contributed by atoms with Crippen LogP contribution >= 0.6 is 0 Å². The number of rotatable bonds is 8. The third kappa shape index (κ3) is 6.21. The zero-order valence-corrected chi connectivity index (χ0v) is 34.4. The number of furan rings is 1. The largest absolute Gasteiger partial charge is 0.455 e. The average Bonchev–Trinajstić information content (AvgIpc) is 3.91. The SMILES string of the molecule is c1ccc(-c2ccccc2-c2ccccc2-c2ccccc2N(c2ccc(-c3cccc4c3oc3ccccc34)cc2)c2ccc3c4ccccc4n(-c4ccccc4)c3c2)cc1. The van der Waals surface area contributed by atoms with Crippen LogP contribution in [0, 0.1) is 0 Å². The Hall–Kier alpha value is -8.40. The topological polar surface area (TPSA) is 21.3 Å². The first-order valence-corrected chi connectivity index (χ1v) is 21.5. The Balaban J connectivity index is 1.07. The Morgan fingerprint density at radius 1 is 0.317 bits per heavy atom. The smallest absolute Gasteiger partial charge is 0.143 e. The molecule has 0 amide bonds. The fourth-order valence-corrected chi connectivity index (χ4v) is 9.58. The van der Waals surface area contributed by atoms with Crippen molar-refractivity contribution in [2.75, 3.05) is 4.90 Å². The maximum absolute atomic E-state index is 6.50. The van der Waals surface area contributed by atoms with E-state index in [1.165, 1.54) is 38.5 Å². The van der Waals surface area contributed by atoms with Gasteiger partial charge >= 0.3 is 0 Å². The van der Waals surface area contributed by atoms with Gasteiger partial charge < -0.3 is 13.9 Å². The molecule has 0 fully saturated rings. The molecule has 0 radical (unpaired) electrons.